The molecule has 0 spiro atoms. The Labute approximate surface area is 248 Å². The maximum absolute atomic E-state index is 16.3. The van der Waals surface area contributed by atoms with Gasteiger partial charge >= 0.3 is 0 Å². The van der Waals surface area contributed by atoms with E-state index in [2.05, 4.69) is 15.3 Å². The van der Waals surface area contributed by atoms with E-state index in [0.717, 1.165) is 11.3 Å². The zero-order valence-corrected chi connectivity index (χ0v) is 25.2. The van der Waals surface area contributed by atoms with Crippen LogP contribution in [0.15, 0.2) is 36.5 Å². The van der Waals surface area contributed by atoms with Crippen LogP contribution < -0.4 is 0 Å². The van der Waals surface area contributed by atoms with E-state index in [1.54, 1.807) is 44.8 Å². The molecule has 0 bridgehead atoms. The summed E-state index contributed by atoms with van der Waals surface area (Å²) in [6, 6.07) is 6.22. The fraction of sp³-hybridized carbons (Fsp3) is 0.424. The molecule has 2 aromatic heterocycles. The van der Waals surface area contributed by atoms with Crippen LogP contribution in [0.5, 0.6) is 0 Å². The molecule has 0 radical (unpaired) electrons. The van der Waals surface area contributed by atoms with Crippen LogP contribution in [0, 0.1) is 43.0 Å². The third-order valence-electron chi connectivity index (χ3n) is 8.59. The summed E-state index contributed by atoms with van der Waals surface area (Å²) < 4.78 is 68.3. The van der Waals surface area contributed by atoms with Crippen LogP contribution in [0.1, 0.15) is 73.4 Å². The van der Waals surface area contributed by atoms with Crippen molar-refractivity contribution >= 4 is 0 Å². The van der Waals surface area contributed by atoms with Crippen LogP contribution in [0.4, 0.5) is 17.6 Å². The van der Waals surface area contributed by atoms with Crippen LogP contribution in [-0.4, -0.2) is 38.3 Å². The lowest BCUT2D eigenvalue weighted by Crippen LogP contribution is -2.28. The molecule has 10 heteroatoms. The molecular weight excluding hydrogens is 560 g/mol. The molecule has 5 rings (SSSR count). The molecule has 1 saturated heterocycles. The van der Waals surface area contributed by atoms with Gasteiger partial charge in [-0.05, 0) is 87.1 Å². The molecule has 6 nitrogen and oxygen atoms in total. The lowest BCUT2D eigenvalue weighted by molar-refractivity contribution is 0.0540. The van der Waals surface area contributed by atoms with E-state index in [1.807, 2.05) is 19.9 Å². The molecule has 0 amide bonds. The number of rotatable bonds is 7. The SMILES string of the molecule is Cc1cc(-c2c(C)nnn2C)cnc1-c1c(F)cc(C(C)(C)O)cc1C(C)C(c1c(F)cc(F)cc1F)C1CCOCC1. The first-order valence-electron chi connectivity index (χ1n) is 14.4. The van der Waals surface area contributed by atoms with Crippen molar-refractivity contribution in [3.63, 3.8) is 0 Å². The minimum absolute atomic E-state index is 0.185. The lowest BCUT2D eigenvalue weighted by Gasteiger charge is -2.36. The Balaban J connectivity index is 1.73. The molecule has 2 atom stereocenters. The highest BCUT2D eigenvalue weighted by molar-refractivity contribution is 5.73. The molecule has 0 saturated carbocycles. The van der Waals surface area contributed by atoms with Gasteiger partial charge in [-0.25, -0.2) is 22.2 Å². The van der Waals surface area contributed by atoms with E-state index >= 15 is 13.2 Å². The smallest absolute Gasteiger partial charge is 0.133 e. The highest BCUT2D eigenvalue weighted by atomic mass is 19.1. The van der Waals surface area contributed by atoms with E-state index in [-0.39, 0.29) is 17.0 Å². The largest absolute Gasteiger partial charge is 0.386 e. The fourth-order valence-corrected chi connectivity index (χ4v) is 6.45. The molecule has 4 aromatic rings. The Bertz CT molecular complexity index is 1620. The Kier molecular flexibility index (Phi) is 8.46. The molecular formula is C33H36F4N4O2. The topological polar surface area (TPSA) is 73.1 Å². The summed E-state index contributed by atoms with van der Waals surface area (Å²) in [5.41, 5.74) is 2.59. The molecule has 2 unspecified atom stereocenters. The second-order valence-corrected chi connectivity index (χ2v) is 12.1. The molecule has 1 aliphatic heterocycles. The van der Waals surface area contributed by atoms with Gasteiger partial charge in [-0.15, -0.1) is 5.10 Å². The van der Waals surface area contributed by atoms with Gasteiger partial charge in [0.1, 0.15) is 23.3 Å². The summed E-state index contributed by atoms with van der Waals surface area (Å²) in [4.78, 5) is 4.68. The maximum atomic E-state index is 16.3. The highest BCUT2D eigenvalue weighted by Gasteiger charge is 2.37. The molecule has 1 N–H and O–H groups in total. The number of benzene rings is 2. The predicted molar refractivity (Wildman–Crippen MR) is 155 cm³/mol. The van der Waals surface area contributed by atoms with E-state index in [4.69, 9.17) is 4.74 Å². The van der Waals surface area contributed by atoms with Crippen molar-refractivity contribution in [2.24, 2.45) is 13.0 Å². The Morgan fingerprint density at radius 2 is 1.63 bits per heavy atom. The molecule has 3 heterocycles. The van der Waals surface area contributed by atoms with Gasteiger partial charge in [-0.3, -0.25) is 4.98 Å². The predicted octanol–water partition coefficient (Wildman–Crippen LogP) is 7.26. The number of aliphatic hydroxyl groups is 1. The van der Waals surface area contributed by atoms with E-state index in [0.29, 0.717) is 66.3 Å². The number of ether oxygens (including phenoxy) is 1. The molecule has 0 aliphatic carbocycles. The molecule has 1 aliphatic rings. The molecule has 1 fully saturated rings. The van der Waals surface area contributed by atoms with Gasteiger partial charge in [0.15, 0.2) is 0 Å². The van der Waals surface area contributed by atoms with E-state index < -0.39 is 40.7 Å². The van der Waals surface area contributed by atoms with Crippen LogP contribution in [0.25, 0.3) is 22.5 Å². The Morgan fingerprint density at radius 1 is 0.977 bits per heavy atom. The lowest BCUT2D eigenvalue weighted by atomic mass is 9.70. The zero-order chi connectivity index (χ0) is 31.2. The highest BCUT2D eigenvalue weighted by Crippen LogP contribution is 2.48. The average Bonchev–Trinajstić information content (AvgIpc) is 3.27. The minimum Gasteiger partial charge on any atom is -0.386 e. The van der Waals surface area contributed by atoms with Crippen molar-refractivity contribution in [3.05, 3.63) is 87.7 Å². The summed E-state index contributed by atoms with van der Waals surface area (Å²) >= 11 is 0. The first-order chi connectivity index (χ1) is 20.3. The number of aryl methyl sites for hydroxylation is 3. The van der Waals surface area contributed by atoms with Crippen molar-refractivity contribution in [3.8, 4) is 22.5 Å². The number of halogens is 4. The van der Waals surface area contributed by atoms with Crippen molar-refractivity contribution in [2.45, 2.75) is 64.9 Å². The van der Waals surface area contributed by atoms with E-state index in [9.17, 15) is 9.50 Å². The number of pyridine rings is 1. The number of hydrogen-bond acceptors (Lipinski definition) is 5. The van der Waals surface area contributed by atoms with Crippen molar-refractivity contribution in [2.75, 3.05) is 13.2 Å². The van der Waals surface area contributed by atoms with Gasteiger partial charge < -0.3 is 9.84 Å². The third kappa shape index (κ3) is 5.95. The van der Waals surface area contributed by atoms with Crippen LogP contribution in [0.2, 0.25) is 0 Å². The number of nitrogens with zero attached hydrogens (tertiary/aromatic N) is 4. The quantitative estimate of drug-likeness (QED) is 0.228. The first-order valence-corrected chi connectivity index (χ1v) is 14.4. The Hall–Kier alpha value is -3.63. The zero-order valence-electron chi connectivity index (χ0n) is 25.2. The number of hydrogen-bond donors (Lipinski definition) is 1. The van der Waals surface area contributed by atoms with E-state index in [1.165, 1.54) is 6.07 Å². The molecule has 43 heavy (non-hydrogen) atoms. The van der Waals surface area contributed by atoms with Crippen molar-refractivity contribution < 1.29 is 27.4 Å². The molecule has 228 valence electrons. The summed E-state index contributed by atoms with van der Waals surface area (Å²) in [5.74, 6) is -5.26. The second kappa shape index (κ2) is 11.8. The minimum atomic E-state index is -1.40. The summed E-state index contributed by atoms with van der Waals surface area (Å²) in [5, 5.41) is 19.0. The van der Waals surface area contributed by atoms with Crippen molar-refractivity contribution in [1.82, 2.24) is 20.0 Å². The summed E-state index contributed by atoms with van der Waals surface area (Å²) in [6.07, 6.45) is 2.68. The maximum Gasteiger partial charge on any atom is 0.133 e. The van der Waals surface area contributed by atoms with Gasteiger partial charge in [0, 0.05) is 55.3 Å². The molecule has 2 aromatic carbocycles. The number of aromatic nitrogens is 4. The van der Waals surface area contributed by atoms with Gasteiger partial charge in [0.2, 0.25) is 0 Å². The standard InChI is InChI=1S/C33H36F4N4O2/c1-17-11-21(32-19(3)39-40-41(32)6)16-38-31(17)29-24(12-22(13-25(29)35)33(4,5)42)18(2)28(20-7-9-43-10-8-20)30-26(36)14-23(34)15-27(30)37/h11-16,18,20,28,42H,7-10H2,1-6H3. The fourth-order valence-electron chi connectivity index (χ4n) is 6.45. The third-order valence-corrected chi connectivity index (χ3v) is 8.59. The Morgan fingerprint density at radius 3 is 2.19 bits per heavy atom. The monoisotopic (exact) mass is 596 g/mol. The van der Waals surface area contributed by atoms with Gasteiger partial charge in [0.25, 0.3) is 0 Å². The summed E-state index contributed by atoms with van der Waals surface area (Å²) in [7, 11) is 1.78. The van der Waals surface area contributed by atoms with Crippen LogP contribution in [-0.2, 0) is 17.4 Å². The first kappa shape index (κ1) is 30.8. The summed E-state index contributed by atoms with van der Waals surface area (Å²) in [6.45, 7) is 9.37. The normalized spacial score (nSPS) is 16.0. The second-order valence-electron chi connectivity index (χ2n) is 12.1. The van der Waals surface area contributed by atoms with Gasteiger partial charge in [-0.2, -0.15) is 0 Å². The van der Waals surface area contributed by atoms with Crippen molar-refractivity contribution in [1.29, 1.82) is 0 Å². The van der Waals surface area contributed by atoms with Crippen LogP contribution in [0.3, 0.4) is 0 Å². The van der Waals surface area contributed by atoms with Crippen LogP contribution >= 0.6 is 0 Å². The van der Waals surface area contributed by atoms with Gasteiger partial charge in [0.05, 0.1) is 22.7 Å². The average molecular weight is 597 g/mol. The van der Waals surface area contributed by atoms with Gasteiger partial charge in [-0.1, -0.05) is 18.2 Å².